The van der Waals surface area contributed by atoms with Gasteiger partial charge in [0.25, 0.3) is 0 Å². The highest BCUT2D eigenvalue weighted by Crippen LogP contribution is 2.45. The lowest BCUT2D eigenvalue weighted by atomic mass is 9.98. The summed E-state index contributed by atoms with van der Waals surface area (Å²) in [5, 5.41) is 40.1. The number of hydrogen-bond donors (Lipinski definition) is 2. The standard InChI is InChI=1S/C22H18Cl2N2O4/c23-21(16-9-5-2-6-10-16)22(24)18-13-17(12-11-15-7-3-1-4-8-15)19(25(27)28)14-20(18)26(29)30/h1-14,21-22,29-30H/q-2/t21-,22-/m0/s1. The maximum absolute atomic E-state index is 11.6. The van der Waals surface area contributed by atoms with Gasteiger partial charge in [-0.1, -0.05) is 72.8 Å². The molecule has 0 fully saturated rings. The molecule has 0 radical (unpaired) electrons. The predicted molar refractivity (Wildman–Crippen MR) is 121 cm³/mol. The Hall–Kier alpha value is -2.58. The summed E-state index contributed by atoms with van der Waals surface area (Å²) in [5.74, 6) is 0. The van der Waals surface area contributed by atoms with E-state index in [9.17, 15) is 20.8 Å². The lowest BCUT2D eigenvalue weighted by molar-refractivity contribution is 0.0286. The fraction of sp³-hybridized carbons (Fsp3) is 0.0909. The van der Waals surface area contributed by atoms with Crippen molar-refractivity contribution in [3.8, 4) is 0 Å². The van der Waals surface area contributed by atoms with E-state index in [1.807, 2.05) is 48.5 Å². The first-order valence-electron chi connectivity index (χ1n) is 8.95. The maximum atomic E-state index is 11.6. The normalized spacial score (nSPS) is 13.3. The monoisotopic (exact) mass is 444 g/mol. The number of benzene rings is 3. The third kappa shape index (κ3) is 5.12. The average Bonchev–Trinajstić information content (AvgIpc) is 2.77. The second kappa shape index (κ2) is 9.95. The molecule has 0 unspecified atom stereocenters. The van der Waals surface area contributed by atoms with E-state index in [1.54, 1.807) is 24.3 Å². The van der Waals surface area contributed by atoms with Gasteiger partial charge in [0.05, 0.1) is 10.8 Å². The van der Waals surface area contributed by atoms with E-state index in [0.717, 1.165) is 17.2 Å². The molecule has 0 aliphatic carbocycles. The van der Waals surface area contributed by atoms with Crippen LogP contribution in [0, 0.1) is 10.4 Å². The van der Waals surface area contributed by atoms with E-state index in [-0.39, 0.29) is 27.7 Å². The Morgan fingerprint density at radius 2 is 1.37 bits per heavy atom. The average molecular weight is 445 g/mol. The summed E-state index contributed by atoms with van der Waals surface area (Å²) in [4.78, 5) is 0. The molecule has 0 aromatic heterocycles. The molecular formula is C22H18Cl2N2O4-2. The highest BCUT2D eigenvalue weighted by Gasteiger charge is 2.26. The van der Waals surface area contributed by atoms with Crippen molar-refractivity contribution in [2.24, 2.45) is 0 Å². The molecule has 3 aromatic carbocycles. The number of alkyl halides is 2. The molecule has 156 valence electrons. The number of rotatable bonds is 7. The minimum atomic E-state index is -0.893. The van der Waals surface area contributed by atoms with Crippen molar-refractivity contribution >= 4 is 46.7 Å². The van der Waals surface area contributed by atoms with Gasteiger partial charge in [0, 0.05) is 11.3 Å². The van der Waals surface area contributed by atoms with Crippen LogP contribution in [0.1, 0.15) is 33.0 Å². The minimum absolute atomic E-state index is 0.184. The van der Waals surface area contributed by atoms with Gasteiger partial charge in [0.2, 0.25) is 0 Å². The summed E-state index contributed by atoms with van der Waals surface area (Å²) in [7, 11) is 0. The number of nitrogens with zero attached hydrogens (tertiary/aromatic N) is 2. The molecular weight excluding hydrogens is 427 g/mol. The molecule has 3 rings (SSSR count). The third-order valence-electron chi connectivity index (χ3n) is 4.52. The Labute approximate surface area is 183 Å². The van der Waals surface area contributed by atoms with Crippen LogP contribution in [0.3, 0.4) is 0 Å². The highest BCUT2D eigenvalue weighted by atomic mass is 35.5. The van der Waals surface area contributed by atoms with Gasteiger partial charge in [-0.05, 0) is 28.8 Å². The van der Waals surface area contributed by atoms with Crippen LogP contribution < -0.4 is 10.5 Å². The van der Waals surface area contributed by atoms with E-state index >= 15 is 0 Å². The molecule has 0 bridgehead atoms. The van der Waals surface area contributed by atoms with E-state index in [1.165, 1.54) is 6.07 Å². The number of anilines is 2. The zero-order chi connectivity index (χ0) is 21.7. The molecule has 0 amide bonds. The van der Waals surface area contributed by atoms with Crippen LogP contribution in [0.5, 0.6) is 0 Å². The van der Waals surface area contributed by atoms with E-state index in [0.29, 0.717) is 0 Å². The first kappa shape index (κ1) is 22.1. The van der Waals surface area contributed by atoms with Gasteiger partial charge in [-0.25, -0.2) is 0 Å². The summed E-state index contributed by atoms with van der Waals surface area (Å²) in [6.45, 7) is 0. The maximum Gasteiger partial charge on any atom is 0.101 e. The number of hydrogen-bond acceptors (Lipinski definition) is 6. The Morgan fingerprint density at radius 1 is 0.767 bits per heavy atom. The van der Waals surface area contributed by atoms with E-state index in [4.69, 9.17) is 23.2 Å². The molecule has 0 saturated heterocycles. The molecule has 0 aliphatic rings. The van der Waals surface area contributed by atoms with Gasteiger partial charge in [0.1, 0.15) is 5.69 Å². The van der Waals surface area contributed by atoms with Crippen LogP contribution in [-0.4, -0.2) is 10.4 Å². The van der Waals surface area contributed by atoms with Crippen molar-refractivity contribution in [3.63, 3.8) is 0 Å². The molecule has 2 N–H and O–H groups in total. The van der Waals surface area contributed by atoms with Crippen molar-refractivity contribution in [1.82, 2.24) is 0 Å². The van der Waals surface area contributed by atoms with Gasteiger partial charge in [-0.3, -0.25) is 10.4 Å². The van der Waals surface area contributed by atoms with Crippen molar-refractivity contribution in [2.45, 2.75) is 10.8 Å². The van der Waals surface area contributed by atoms with Crippen LogP contribution in [0.2, 0.25) is 0 Å². The molecule has 0 aliphatic heterocycles. The molecule has 30 heavy (non-hydrogen) atoms. The quantitative estimate of drug-likeness (QED) is 0.245. The molecule has 0 heterocycles. The smallest absolute Gasteiger partial charge is 0.101 e. The molecule has 2 atom stereocenters. The predicted octanol–water partition coefficient (Wildman–Crippen LogP) is 6.50. The van der Waals surface area contributed by atoms with Crippen molar-refractivity contribution < 1.29 is 10.4 Å². The summed E-state index contributed by atoms with van der Waals surface area (Å²) < 4.78 is 0. The van der Waals surface area contributed by atoms with Crippen LogP contribution in [0.15, 0.2) is 72.8 Å². The molecule has 0 saturated carbocycles. The van der Waals surface area contributed by atoms with Gasteiger partial charge in [-0.2, -0.15) is 0 Å². The summed E-state index contributed by atoms with van der Waals surface area (Å²) in [6, 6.07) is 20.8. The Kier molecular flexibility index (Phi) is 7.33. The summed E-state index contributed by atoms with van der Waals surface area (Å²) >= 11 is 13.1. The molecule has 3 aromatic rings. The first-order valence-corrected chi connectivity index (χ1v) is 9.82. The fourth-order valence-electron chi connectivity index (χ4n) is 3.01. The van der Waals surface area contributed by atoms with Crippen molar-refractivity contribution in [1.29, 1.82) is 0 Å². The lowest BCUT2D eigenvalue weighted by Gasteiger charge is -2.39. The van der Waals surface area contributed by atoms with Crippen LogP contribution >= 0.6 is 23.2 Å². The molecule has 0 spiro atoms. The zero-order valence-corrected chi connectivity index (χ0v) is 17.1. The Morgan fingerprint density at radius 3 is 1.93 bits per heavy atom. The highest BCUT2D eigenvalue weighted by molar-refractivity contribution is 6.30. The first-order chi connectivity index (χ1) is 14.4. The van der Waals surface area contributed by atoms with Crippen LogP contribution in [-0.2, 0) is 0 Å². The van der Waals surface area contributed by atoms with Gasteiger partial charge < -0.3 is 15.6 Å². The van der Waals surface area contributed by atoms with Gasteiger partial charge >= 0.3 is 0 Å². The van der Waals surface area contributed by atoms with Gasteiger partial charge in [-0.15, -0.1) is 28.4 Å². The second-order valence-corrected chi connectivity index (χ2v) is 7.42. The molecule has 6 nitrogen and oxygen atoms in total. The lowest BCUT2D eigenvalue weighted by Crippen LogP contribution is -2.17. The Balaban J connectivity index is 2.08. The molecule has 8 heteroatoms. The Bertz CT molecular complexity index is 999. The van der Waals surface area contributed by atoms with Crippen LogP contribution in [0.4, 0.5) is 11.4 Å². The van der Waals surface area contributed by atoms with Crippen LogP contribution in [0.25, 0.3) is 12.2 Å². The second-order valence-electron chi connectivity index (χ2n) is 6.47. The largest absolute Gasteiger partial charge is 0.769 e. The van der Waals surface area contributed by atoms with Gasteiger partial charge in [0.15, 0.2) is 0 Å². The fourth-order valence-corrected chi connectivity index (χ4v) is 3.61. The summed E-state index contributed by atoms with van der Waals surface area (Å²) in [5.41, 5.74) is 1.55. The third-order valence-corrected chi connectivity index (χ3v) is 5.64. The van der Waals surface area contributed by atoms with Crippen molar-refractivity contribution in [3.05, 3.63) is 105 Å². The zero-order valence-electron chi connectivity index (χ0n) is 15.6. The summed E-state index contributed by atoms with van der Waals surface area (Å²) in [6.07, 6.45) is 3.30. The van der Waals surface area contributed by atoms with Crippen molar-refractivity contribution in [2.75, 3.05) is 10.5 Å². The van der Waals surface area contributed by atoms with E-state index in [2.05, 4.69) is 0 Å². The number of halogens is 2. The SMILES string of the molecule is [O-]N([O-])c1cc(N(O)O)c([C@H](Cl)[C@@H](Cl)c2ccccc2)cc1C=Cc1ccccc1. The minimum Gasteiger partial charge on any atom is -0.769 e. The van der Waals surface area contributed by atoms with E-state index < -0.39 is 16.0 Å². The topological polar surface area (TPSA) is 93.1 Å².